The Morgan fingerprint density at radius 1 is 1.12 bits per heavy atom. The molecule has 0 saturated carbocycles. The van der Waals surface area contributed by atoms with Gasteiger partial charge in [0.05, 0.1) is 11.1 Å². The number of para-hydroxylation sites is 1. The van der Waals surface area contributed by atoms with Gasteiger partial charge in [0.25, 0.3) is 5.91 Å². The zero-order valence-electron chi connectivity index (χ0n) is 14.4. The van der Waals surface area contributed by atoms with Gasteiger partial charge in [-0.2, -0.15) is 0 Å². The average Bonchev–Trinajstić information content (AvgIpc) is 3.15. The smallest absolute Gasteiger partial charge is 0.254 e. The molecule has 1 atom stereocenters. The summed E-state index contributed by atoms with van der Waals surface area (Å²) in [5.74, 6) is 1.81. The standard InChI is InChI=1S/C20H25N3O/c1-15-7-6-12-23(14-15)19-13-17(20(24)22-10-4-5-11-22)16-8-2-3-9-18(16)21-19/h2-3,8-9,13,15H,4-7,10-12,14H2,1H3. The van der Waals surface area contributed by atoms with Gasteiger partial charge in [-0.15, -0.1) is 0 Å². The van der Waals surface area contributed by atoms with Crippen LogP contribution in [0.25, 0.3) is 10.9 Å². The molecule has 0 aliphatic carbocycles. The third-order valence-electron chi connectivity index (χ3n) is 5.31. The Labute approximate surface area is 143 Å². The largest absolute Gasteiger partial charge is 0.356 e. The highest BCUT2D eigenvalue weighted by molar-refractivity contribution is 6.07. The van der Waals surface area contributed by atoms with Gasteiger partial charge in [-0.1, -0.05) is 25.1 Å². The Kier molecular flexibility index (Phi) is 4.13. The predicted molar refractivity (Wildman–Crippen MR) is 97.5 cm³/mol. The molecule has 1 aromatic heterocycles. The molecule has 2 aliphatic rings. The molecule has 0 spiro atoms. The minimum absolute atomic E-state index is 0.164. The second-order valence-corrected chi connectivity index (χ2v) is 7.24. The maximum Gasteiger partial charge on any atom is 0.254 e. The summed E-state index contributed by atoms with van der Waals surface area (Å²) in [5.41, 5.74) is 1.74. The van der Waals surface area contributed by atoms with Crippen molar-refractivity contribution in [1.29, 1.82) is 0 Å². The molecule has 2 fully saturated rings. The molecule has 1 aromatic carbocycles. The van der Waals surface area contributed by atoms with Gasteiger partial charge in [-0.3, -0.25) is 4.79 Å². The predicted octanol–water partition coefficient (Wildman–Crippen LogP) is 3.71. The number of anilines is 1. The molecule has 1 amide bonds. The summed E-state index contributed by atoms with van der Waals surface area (Å²) < 4.78 is 0. The Hall–Kier alpha value is -2.10. The van der Waals surface area contributed by atoms with Gasteiger partial charge < -0.3 is 9.80 Å². The SMILES string of the molecule is CC1CCCN(c2cc(C(=O)N3CCCC3)c3ccccc3n2)C1. The Bertz CT molecular complexity index is 752. The number of pyridine rings is 1. The van der Waals surface area contributed by atoms with Crippen LogP contribution in [-0.2, 0) is 0 Å². The molecule has 4 heteroatoms. The van der Waals surface area contributed by atoms with Crippen molar-refractivity contribution in [2.75, 3.05) is 31.1 Å². The van der Waals surface area contributed by atoms with Crippen LogP contribution in [0.1, 0.15) is 43.0 Å². The first-order chi connectivity index (χ1) is 11.7. The van der Waals surface area contributed by atoms with Crippen LogP contribution < -0.4 is 4.90 Å². The number of rotatable bonds is 2. The first-order valence-corrected chi connectivity index (χ1v) is 9.16. The van der Waals surface area contributed by atoms with E-state index in [1.807, 2.05) is 35.2 Å². The topological polar surface area (TPSA) is 36.4 Å². The van der Waals surface area contributed by atoms with E-state index in [0.717, 1.165) is 61.3 Å². The maximum absolute atomic E-state index is 13.0. The van der Waals surface area contributed by atoms with Gasteiger partial charge in [0.15, 0.2) is 0 Å². The second kappa shape index (κ2) is 6.42. The highest BCUT2D eigenvalue weighted by atomic mass is 16.2. The summed E-state index contributed by atoms with van der Waals surface area (Å²) in [4.78, 5) is 22.2. The number of piperidine rings is 1. The van der Waals surface area contributed by atoms with Crippen LogP contribution >= 0.6 is 0 Å². The van der Waals surface area contributed by atoms with Gasteiger partial charge in [-0.25, -0.2) is 4.98 Å². The van der Waals surface area contributed by atoms with Crippen molar-refractivity contribution in [1.82, 2.24) is 9.88 Å². The van der Waals surface area contributed by atoms with Crippen molar-refractivity contribution < 1.29 is 4.79 Å². The van der Waals surface area contributed by atoms with Crippen molar-refractivity contribution in [3.05, 3.63) is 35.9 Å². The lowest BCUT2D eigenvalue weighted by molar-refractivity contribution is 0.0794. The van der Waals surface area contributed by atoms with Crippen molar-refractivity contribution in [3.8, 4) is 0 Å². The number of amides is 1. The molecule has 0 radical (unpaired) electrons. The number of likely N-dealkylation sites (tertiary alicyclic amines) is 1. The number of aromatic nitrogens is 1. The van der Waals surface area contributed by atoms with Crippen molar-refractivity contribution in [2.45, 2.75) is 32.6 Å². The second-order valence-electron chi connectivity index (χ2n) is 7.24. The van der Waals surface area contributed by atoms with Gasteiger partial charge in [-0.05, 0) is 43.7 Å². The molecular weight excluding hydrogens is 298 g/mol. The summed E-state index contributed by atoms with van der Waals surface area (Å²) in [7, 11) is 0. The van der Waals surface area contributed by atoms with Crippen molar-refractivity contribution in [3.63, 3.8) is 0 Å². The van der Waals surface area contributed by atoms with E-state index in [9.17, 15) is 4.79 Å². The maximum atomic E-state index is 13.0. The average molecular weight is 323 g/mol. The van der Waals surface area contributed by atoms with E-state index >= 15 is 0 Å². The van der Waals surface area contributed by atoms with Gasteiger partial charge in [0.1, 0.15) is 5.82 Å². The van der Waals surface area contributed by atoms with E-state index in [-0.39, 0.29) is 5.91 Å². The molecule has 126 valence electrons. The number of fused-ring (bicyclic) bond motifs is 1. The Morgan fingerprint density at radius 3 is 2.71 bits per heavy atom. The molecule has 4 rings (SSSR count). The number of carbonyl (C=O) groups excluding carboxylic acids is 1. The number of hydrogen-bond donors (Lipinski definition) is 0. The number of carbonyl (C=O) groups is 1. The summed E-state index contributed by atoms with van der Waals surface area (Å²) in [6, 6.07) is 10.1. The van der Waals surface area contributed by atoms with Crippen molar-refractivity contribution in [2.24, 2.45) is 5.92 Å². The van der Waals surface area contributed by atoms with Gasteiger partial charge >= 0.3 is 0 Å². The summed E-state index contributed by atoms with van der Waals surface area (Å²) >= 11 is 0. The van der Waals surface area contributed by atoms with Crippen LogP contribution in [0.2, 0.25) is 0 Å². The first-order valence-electron chi connectivity index (χ1n) is 9.16. The third kappa shape index (κ3) is 2.85. The molecular formula is C20H25N3O. The number of nitrogens with zero attached hydrogens (tertiary/aromatic N) is 3. The van der Waals surface area contributed by atoms with Crippen LogP contribution in [0.5, 0.6) is 0 Å². The molecule has 0 bridgehead atoms. The molecule has 2 aromatic rings. The molecule has 1 unspecified atom stereocenters. The quantitative estimate of drug-likeness (QED) is 0.845. The summed E-state index contributed by atoms with van der Waals surface area (Å²) in [6.45, 7) is 6.12. The minimum Gasteiger partial charge on any atom is -0.356 e. The van der Waals surface area contributed by atoms with Crippen molar-refractivity contribution >= 4 is 22.6 Å². The van der Waals surface area contributed by atoms with Crippen LogP contribution in [0.3, 0.4) is 0 Å². The summed E-state index contributed by atoms with van der Waals surface area (Å²) in [5, 5.41) is 0.975. The Morgan fingerprint density at radius 2 is 1.92 bits per heavy atom. The lowest BCUT2D eigenvalue weighted by Gasteiger charge is -2.32. The fourth-order valence-electron chi connectivity index (χ4n) is 3.99. The van der Waals surface area contributed by atoms with Crippen LogP contribution in [0, 0.1) is 5.92 Å². The van der Waals surface area contributed by atoms with Gasteiger partial charge in [0, 0.05) is 31.6 Å². The molecule has 0 N–H and O–H groups in total. The van der Waals surface area contributed by atoms with E-state index < -0.39 is 0 Å². The zero-order chi connectivity index (χ0) is 16.5. The van der Waals surface area contributed by atoms with E-state index in [4.69, 9.17) is 4.98 Å². The lowest BCUT2D eigenvalue weighted by Crippen LogP contribution is -2.35. The molecule has 2 saturated heterocycles. The molecule has 2 aliphatic heterocycles. The number of benzene rings is 1. The normalized spacial score (nSPS) is 21.5. The van der Waals surface area contributed by atoms with E-state index in [2.05, 4.69) is 11.8 Å². The highest BCUT2D eigenvalue weighted by Crippen LogP contribution is 2.28. The fraction of sp³-hybridized carbons (Fsp3) is 0.500. The van der Waals surface area contributed by atoms with Gasteiger partial charge in [0.2, 0.25) is 0 Å². The summed E-state index contributed by atoms with van der Waals surface area (Å²) in [6.07, 6.45) is 4.71. The zero-order valence-corrected chi connectivity index (χ0v) is 14.4. The van der Waals surface area contributed by atoms with E-state index in [1.165, 1.54) is 12.8 Å². The van der Waals surface area contributed by atoms with Crippen LogP contribution in [0.15, 0.2) is 30.3 Å². The molecule has 24 heavy (non-hydrogen) atoms. The fourth-order valence-corrected chi connectivity index (χ4v) is 3.99. The Balaban J connectivity index is 1.77. The molecule has 4 nitrogen and oxygen atoms in total. The number of hydrogen-bond acceptors (Lipinski definition) is 3. The highest BCUT2D eigenvalue weighted by Gasteiger charge is 2.24. The minimum atomic E-state index is 0.164. The van der Waals surface area contributed by atoms with E-state index in [0.29, 0.717) is 5.92 Å². The van der Waals surface area contributed by atoms with Crippen LogP contribution in [-0.4, -0.2) is 42.0 Å². The monoisotopic (exact) mass is 323 g/mol. The molecule has 3 heterocycles. The lowest BCUT2D eigenvalue weighted by atomic mass is 10.00. The van der Waals surface area contributed by atoms with E-state index in [1.54, 1.807) is 0 Å². The first kappa shape index (κ1) is 15.4. The van der Waals surface area contributed by atoms with Crippen LogP contribution in [0.4, 0.5) is 5.82 Å². The third-order valence-corrected chi connectivity index (χ3v) is 5.31.